The second kappa shape index (κ2) is 2.81. The number of aromatic nitrogens is 1. The zero-order valence-corrected chi connectivity index (χ0v) is 8.55. The first-order valence-corrected chi connectivity index (χ1v) is 5.26. The predicted octanol–water partition coefficient (Wildman–Crippen LogP) is 0.620. The molecule has 5 nitrogen and oxygen atoms in total. The molecule has 2 N–H and O–H groups in total. The van der Waals surface area contributed by atoms with Gasteiger partial charge in [0, 0.05) is 11.5 Å². The average molecular weight is 204 g/mol. The number of rotatable bonds is 1. The summed E-state index contributed by atoms with van der Waals surface area (Å²) in [5.74, 6) is 0. The van der Waals surface area contributed by atoms with Crippen molar-refractivity contribution in [2.45, 2.75) is 31.3 Å². The summed E-state index contributed by atoms with van der Waals surface area (Å²) in [7, 11) is -3.77. The van der Waals surface area contributed by atoms with Gasteiger partial charge in [-0.2, -0.15) is 0 Å². The third-order valence-electron chi connectivity index (χ3n) is 1.54. The number of sulfonamides is 1. The lowest BCUT2D eigenvalue weighted by molar-refractivity contribution is 0.326. The molecule has 0 saturated heterocycles. The molecule has 0 fully saturated rings. The maximum Gasteiger partial charge on any atom is 0.274 e. The fourth-order valence-corrected chi connectivity index (χ4v) is 1.16. The quantitative estimate of drug-likeness (QED) is 0.726. The lowest BCUT2D eigenvalue weighted by atomic mass is 9.93. The maximum atomic E-state index is 10.8. The SMILES string of the molecule is CC(C)(C)c1cc(S(N)(=O)=O)on1. The molecule has 0 amide bonds. The van der Waals surface area contributed by atoms with Crippen molar-refractivity contribution in [3.05, 3.63) is 11.8 Å². The minimum absolute atomic E-state index is 0.244. The van der Waals surface area contributed by atoms with Gasteiger partial charge in [0.1, 0.15) is 0 Å². The van der Waals surface area contributed by atoms with Gasteiger partial charge in [-0.15, -0.1) is 0 Å². The van der Waals surface area contributed by atoms with Crippen LogP contribution in [0.4, 0.5) is 0 Å². The van der Waals surface area contributed by atoms with E-state index < -0.39 is 10.0 Å². The van der Waals surface area contributed by atoms with Gasteiger partial charge in [0.2, 0.25) is 0 Å². The average Bonchev–Trinajstić information content (AvgIpc) is 2.28. The first-order valence-electron chi connectivity index (χ1n) is 3.71. The van der Waals surface area contributed by atoms with Gasteiger partial charge >= 0.3 is 0 Å². The van der Waals surface area contributed by atoms with Crippen LogP contribution in [-0.2, 0) is 15.4 Å². The van der Waals surface area contributed by atoms with Crippen molar-refractivity contribution < 1.29 is 12.9 Å². The molecular formula is C7H12N2O3S. The van der Waals surface area contributed by atoms with E-state index in [9.17, 15) is 8.42 Å². The maximum absolute atomic E-state index is 10.8. The van der Waals surface area contributed by atoms with Gasteiger partial charge in [0.25, 0.3) is 15.1 Å². The number of nitrogens with two attached hydrogens (primary N) is 1. The minimum Gasteiger partial charge on any atom is -0.343 e. The topological polar surface area (TPSA) is 86.2 Å². The third kappa shape index (κ3) is 2.28. The molecule has 0 aliphatic rings. The molecule has 1 aromatic heterocycles. The largest absolute Gasteiger partial charge is 0.343 e. The van der Waals surface area contributed by atoms with Crippen molar-refractivity contribution in [1.82, 2.24) is 5.16 Å². The zero-order valence-electron chi connectivity index (χ0n) is 7.73. The summed E-state index contributed by atoms with van der Waals surface area (Å²) in [6.07, 6.45) is 0. The van der Waals surface area contributed by atoms with E-state index in [1.54, 1.807) is 0 Å². The second-order valence-electron chi connectivity index (χ2n) is 3.83. The van der Waals surface area contributed by atoms with Gasteiger partial charge in [-0.1, -0.05) is 25.9 Å². The summed E-state index contributed by atoms with van der Waals surface area (Å²) in [4.78, 5) is 0. The monoisotopic (exact) mass is 204 g/mol. The van der Waals surface area contributed by atoms with Gasteiger partial charge in [0.05, 0.1) is 5.69 Å². The Hall–Kier alpha value is -0.880. The van der Waals surface area contributed by atoms with Crippen LogP contribution in [0, 0.1) is 0 Å². The Labute approximate surface area is 77.0 Å². The lowest BCUT2D eigenvalue weighted by Crippen LogP contribution is -2.12. The van der Waals surface area contributed by atoms with Crippen molar-refractivity contribution in [3.8, 4) is 0 Å². The molecule has 0 bridgehead atoms. The molecule has 74 valence electrons. The molecule has 0 aromatic carbocycles. The molecule has 13 heavy (non-hydrogen) atoms. The summed E-state index contributed by atoms with van der Waals surface area (Å²) in [6.45, 7) is 5.70. The van der Waals surface area contributed by atoms with Crippen molar-refractivity contribution >= 4 is 10.0 Å². The van der Waals surface area contributed by atoms with Gasteiger partial charge in [-0.05, 0) is 0 Å². The first kappa shape index (κ1) is 10.2. The number of primary sulfonamides is 1. The molecular weight excluding hydrogens is 192 g/mol. The number of hydrogen-bond donors (Lipinski definition) is 1. The lowest BCUT2D eigenvalue weighted by Gasteiger charge is -2.12. The van der Waals surface area contributed by atoms with Gasteiger partial charge in [-0.25, -0.2) is 13.6 Å². The van der Waals surface area contributed by atoms with Crippen molar-refractivity contribution in [2.24, 2.45) is 5.14 Å². The van der Waals surface area contributed by atoms with E-state index in [0.29, 0.717) is 5.69 Å². The molecule has 6 heteroatoms. The number of hydrogen-bond acceptors (Lipinski definition) is 4. The Morgan fingerprint density at radius 2 is 2.00 bits per heavy atom. The highest BCUT2D eigenvalue weighted by atomic mass is 32.2. The standard InChI is InChI=1S/C7H12N2O3S/c1-7(2,3)5-4-6(12-9-5)13(8,10)11/h4H,1-3H3,(H2,8,10,11). The van der Waals surface area contributed by atoms with Crippen LogP contribution in [0.2, 0.25) is 0 Å². The van der Waals surface area contributed by atoms with Crippen LogP contribution < -0.4 is 5.14 Å². The zero-order chi connectivity index (χ0) is 10.3. The molecule has 1 rings (SSSR count). The molecule has 1 heterocycles. The fourth-order valence-electron chi connectivity index (χ4n) is 0.746. The van der Waals surface area contributed by atoms with Crippen molar-refractivity contribution in [3.63, 3.8) is 0 Å². The summed E-state index contributed by atoms with van der Waals surface area (Å²) >= 11 is 0. The van der Waals surface area contributed by atoms with E-state index in [0.717, 1.165) is 0 Å². The van der Waals surface area contributed by atoms with E-state index in [1.165, 1.54) is 6.07 Å². The summed E-state index contributed by atoms with van der Waals surface area (Å²) < 4.78 is 26.2. The minimum atomic E-state index is -3.77. The fraction of sp³-hybridized carbons (Fsp3) is 0.571. The molecule has 0 aliphatic carbocycles. The van der Waals surface area contributed by atoms with Crippen LogP contribution in [-0.4, -0.2) is 13.6 Å². The van der Waals surface area contributed by atoms with Crippen LogP contribution in [0.15, 0.2) is 15.7 Å². The van der Waals surface area contributed by atoms with Crippen LogP contribution in [0.3, 0.4) is 0 Å². The van der Waals surface area contributed by atoms with Crippen molar-refractivity contribution in [1.29, 1.82) is 0 Å². The molecule has 0 radical (unpaired) electrons. The van der Waals surface area contributed by atoms with E-state index in [2.05, 4.69) is 9.68 Å². The van der Waals surface area contributed by atoms with Crippen LogP contribution in [0.1, 0.15) is 26.5 Å². The van der Waals surface area contributed by atoms with E-state index in [1.807, 2.05) is 20.8 Å². The Morgan fingerprint density at radius 1 is 1.46 bits per heavy atom. The van der Waals surface area contributed by atoms with E-state index in [4.69, 9.17) is 5.14 Å². The Bertz CT molecular complexity index is 400. The highest BCUT2D eigenvalue weighted by Gasteiger charge is 2.22. The molecule has 0 unspecified atom stereocenters. The smallest absolute Gasteiger partial charge is 0.274 e. The predicted molar refractivity (Wildman–Crippen MR) is 46.6 cm³/mol. The summed E-state index contributed by atoms with van der Waals surface area (Å²) in [6, 6.07) is 1.34. The molecule has 0 spiro atoms. The Morgan fingerprint density at radius 3 is 2.23 bits per heavy atom. The van der Waals surface area contributed by atoms with Gasteiger partial charge in [0.15, 0.2) is 0 Å². The van der Waals surface area contributed by atoms with Crippen LogP contribution >= 0.6 is 0 Å². The molecule has 0 aliphatic heterocycles. The number of nitrogens with zero attached hydrogens (tertiary/aromatic N) is 1. The highest BCUT2D eigenvalue weighted by Crippen LogP contribution is 2.22. The van der Waals surface area contributed by atoms with E-state index in [-0.39, 0.29) is 10.5 Å². The van der Waals surface area contributed by atoms with Crippen LogP contribution in [0.25, 0.3) is 0 Å². The van der Waals surface area contributed by atoms with Crippen LogP contribution in [0.5, 0.6) is 0 Å². The molecule has 0 atom stereocenters. The normalized spacial score (nSPS) is 13.2. The highest BCUT2D eigenvalue weighted by molar-refractivity contribution is 7.89. The summed E-state index contributed by atoms with van der Waals surface area (Å²) in [5, 5.41) is 8.18. The van der Waals surface area contributed by atoms with Gasteiger partial charge in [-0.3, -0.25) is 0 Å². The third-order valence-corrected chi connectivity index (χ3v) is 2.29. The summed E-state index contributed by atoms with van der Waals surface area (Å²) in [5.41, 5.74) is 0.323. The van der Waals surface area contributed by atoms with Crippen molar-refractivity contribution in [2.75, 3.05) is 0 Å². The second-order valence-corrected chi connectivity index (χ2v) is 5.32. The Kier molecular flexibility index (Phi) is 2.21. The Balaban J connectivity index is 3.16. The van der Waals surface area contributed by atoms with E-state index >= 15 is 0 Å². The molecule has 1 aromatic rings. The molecule has 0 saturated carbocycles. The van der Waals surface area contributed by atoms with Gasteiger partial charge < -0.3 is 4.52 Å². The first-order chi connectivity index (χ1) is 5.71.